The van der Waals surface area contributed by atoms with Crippen molar-refractivity contribution in [3.8, 4) is 11.8 Å². The summed E-state index contributed by atoms with van der Waals surface area (Å²) in [5.74, 6) is 0.411. The van der Waals surface area contributed by atoms with E-state index in [0.29, 0.717) is 5.88 Å². The highest BCUT2D eigenvalue weighted by Gasteiger charge is 2.11. The minimum Gasteiger partial charge on any atom is -0.505 e. The summed E-state index contributed by atoms with van der Waals surface area (Å²) < 4.78 is 0.736. The van der Waals surface area contributed by atoms with E-state index in [4.69, 9.17) is 16.9 Å². The Labute approximate surface area is 90.0 Å². The lowest BCUT2D eigenvalue weighted by Crippen LogP contribution is -1.83. The van der Waals surface area contributed by atoms with Crippen LogP contribution in [0.4, 0.5) is 0 Å². The van der Waals surface area contributed by atoms with Gasteiger partial charge in [0.25, 0.3) is 0 Å². The van der Waals surface area contributed by atoms with Crippen LogP contribution in [0.5, 0.6) is 5.75 Å². The van der Waals surface area contributed by atoms with Crippen LogP contribution in [-0.4, -0.2) is 5.11 Å². The number of phenolic OH excluding ortho intramolecular Hbond substituents is 1. The van der Waals surface area contributed by atoms with Gasteiger partial charge in [-0.1, -0.05) is 0 Å². The zero-order valence-corrected chi connectivity index (χ0v) is 8.69. The third-order valence-corrected chi connectivity index (χ3v) is 3.27. The van der Waals surface area contributed by atoms with Crippen LogP contribution in [0, 0.1) is 11.3 Å². The quantitative estimate of drug-likeness (QED) is 0.755. The molecule has 0 saturated carbocycles. The Morgan fingerprint density at radius 2 is 2.36 bits per heavy atom. The standard InChI is InChI=1S/C10H6ClNOS/c11-4-6-3-7(5-12)9(13)10-8(6)1-2-14-10/h1-3,13H,4H2. The lowest BCUT2D eigenvalue weighted by Gasteiger charge is -2.02. The molecule has 0 unspecified atom stereocenters. The second-order valence-corrected chi connectivity index (χ2v) is 4.02. The SMILES string of the molecule is N#Cc1cc(CCl)c2ccsc2c1O. The molecule has 2 nitrogen and oxygen atoms in total. The largest absolute Gasteiger partial charge is 0.505 e. The van der Waals surface area contributed by atoms with Crippen LogP contribution in [0.2, 0.25) is 0 Å². The average molecular weight is 224 g/mol. The fraction of sp³-hybridized carbons (Fsp3) is 0.100. The monoisotopic (exact) mass is 223 g/mol. The van der Waals surface area contributed by atoms with Gasteiger partial charge in [0.15, 0.2) is 5.75 Å². The third-order valence-electron chi connectivity index (χ3n) is 2.06. The van der Waals surface area contributed by atoms with Crippen molar-refractivity contribution in [1.29, 1.82) is 5.26 Å². The van der Waals surface area contributed by atoms with Crippen LogP contribution in [-0.2, 0) is 5.88 Å². The summed E-state index contributed by atoms with van der Waals surface area (Å²) in [6.07, 6.45) is 0. The molecular weight excluding hydrogens is 218 g/mol. The van der Waals surface area contributed by atoms with Crippen molar-refractivity contribution in [2.24, 2.45) is 0 Å². The van der Waals surface area contributed by atoms with E-state index in [9.17, 15) is 5.11 Å². The van der Waals surface area contributed by atoms with Crippen LogP contribution in [0.25, 0.3) is 10.1 Å². The van der Waals surface area contributed by atoms with E-state index >= 15 is 0 Å². The average Bonchev–Trinajstić information content (AvgIpc) is 2.68. The predicted octanol–water partition coefficient (Wildman–Crippen LogP) is 3.22. The predicted molar refractivity (Wildman–Crippen MR) is 57.8 cm³/mol. The van der Waals surface area contributed by atoms with Crippen molar-refractivity contribution < 1.29 is 5.11 Å². The smallest absolute Gasteiger partial charge is 0.151 e. The molecule has 1 N–H and O–H groups in total. The number of rotatable bonds is 1. The molecule has 0 aliphatic rings. The molecule has 0 aliphatic carbocycles. The Balaban J connectivity index is 2.89. The highest BCUT2D eigenvalue weighted by atomic mass is 35.5. The molecule has 0 atom stereocenters. The van der Waals surface area contributed by atoms with Crippen molar-refractivity contribution in [3.05, 3.63) is 28.6 Å². The number of thiophene rings is 1. The molecule has 1 aromatic heterocycles. The lowest BCUT2D eigenvalue weighted by molar-refractivity contribution is 0.480. The molecule has 0 aliphatic heterocycles. The molecule has 0 fully saturated rings. The van der Waals surface area contributed by atoms with E-state index in [1.165, 1.54) is 11.3 Å². The third kappa shape index (κ3) is 1.24. The molecule has 1 aromatic carbocycles. The number of alkyl halides is 1. The molecule has 1 heterocycles. The number of hydrogen-bond acceptors (Lipinski definition) is 3. The van der Waals surface area contributed by atoms with Gasteiger partial charge >= 0.3 is 0 Å². The highest BCUT2D eigenvalue weighted by molar-refractivity contribution is 7.17. The highest BCUT2D eigenvalue weighted by Crippen LogP contribution is 2.35. The van der Waals surface area contributed by atoms with Crippen molar-refractivity contribution in [1.82, 2.24) is 0 Å². The molecule has 0 spiro atoms. The van der Waals surface area contributed by atoms with Gasteiger partial charge in [0, 0.05) is 11.3 Å². The molecule has 2 rings (SSSR count). The van der Waals surface area contributed by atoms with Gasteiger partial charge in [-0.25, -0.2) is 0 Å². The van der Waals surface area contributed by atoms with Gasteiger partial charge in [-0.2, -0.15) is 5.26 Å². The van der Waals surface area contributed by atoms with E-state index in [0.717, 1.165) is 15.6 Å². The number of hydrogen-bond donors (Lipinski definition) is 1. The Morgan fingerprint density at radius 3 is 3.00 bits per heavy atom. The van der Waals surface area contributed by atoms with Gasteiger partial charge in [-0.15, -0.1) is 22.9 Å². The number of benzene rings is 1. The number of nitrogens with zero attached hydrogens (tertiary/aromatic N) is 1. The fourth-order valence-electron chi connectivity index (χ4n) is 1.38. The topological polar surface area (TPSA) is 44.0 Å². The van der Waals surface area contributed by atoms with Crippen LogP contribution in [0.1, 0.15) is 11.1 Å². The van der Waals surface area contributed by atoms with Crippen LogP contribution in [0.15, 0.2) is 17.5 Å². The minimum atomic E-state index is 0.0615. The summed E-state index contributed by atoms with van der Waals surface area (Å²) in [4.78, 5) is 0. The van der Waals surface area contributed by atoms with E-state index in [1.807, 2.05) is 17.5 Å². The number of nitriles is 1. The first-order valence-corrected chi connectivity index (χ1v) is 5.37. The Kier molecular flexibility index (Phi) is 2.32. The van der Waals surface area contributed by atoms with Crippen molar-refractivity contribution >= 4 is 33.0 Å². The molecule has 4 heteroatoms. The fourth-order valence-corrected chi connectivity index (χ4v) is 2.49. The zero-order valence-electron chi connectivity index (χ0n) is 7.12. The molecule has 0 saturated heterocycles. The summed E-state index contributed by atoms with van der Waals surface area (Å²) in [6.45, 7) is 0. The zero-order chi connectivity index (χ0) is 10.1. The molecule has 0 radical (unpaired) electrons. The number of aromatic hydroxyl groups is 1. The second-order valence-electron chi connectivity index (χ2n) is 2.84. The summed E-state index contributed by atoms with van der Waals surface area (Å²) in [5, 5.41) is 21.3. The van der Waals surface area contributed by atoms with Crippen LogP contribution in [0.3, 0.4) is 0 Å². The molecule has 2 aromatic rings. The van der Waals surface area contributed by atoms with Gasteiger partial charge < -0.3 is 5.11 Å². The van der Waals surface area contributed by atoms with E-state index in [1.54, 1.807) is 6.07 Å². The summed E-state index contributed by atoms with van der Waals surface area (Å²) in [5.41, 5.74) is 1.17. The first-order valence-electron chi connectivity index (χ1n) is 3.96. The van der Waals surface area contributed by atoms with E-state index in [2.05, 4.69) is 0 Å². The molecule has 70 valence electrons. The van der Waals surface area contributed by atoms with E-state index < -0.39 is 0 Å². The number of fused-ring (bicyclic) bond motifs is 1. The van der Waals surface area contributed by atoms with Gasteiger partial charge in [0.1, 0.15) is 6.07 Å². The first kappa shape index (κ1) is 9.32. The molecular formula is C10H6ClNOS. The minimum absolute atomic E-state index is 0.0615. The van der Waals surface area contributed by atoms with Crippen molar-refractivity contribution in [3.63, 3.8) is 0 Å². The maximum absolute atomic E-state index is 9.70. The molecule has 0 amide bonds. The van der Waals surface area contributed by atoms with E-state index in [-0.39, 0.29) is 11.3 Å². The van der Waals surface area contributed by atoms with Gasteiger partial charge in [0.05, 0.1) is 10.3 Å². The lowest BCUT2D eigenvalue weighted by atomic mass is 10.1. The van der Waals surface area contributed by atoms with Crippen molar-refractivity contribution in [2.75, 3.05) is 0 Å². The number of phenols is 1. The van der Waals surface area contributed by atoms with Gasteiger partial charge in [0.2, 0.25) is 0 Å². The first-order chi connectivity index (χ1) is 6.77. The molecule has 0 bridgehead atoms. The Hall–Kier alpha value is -1.24. The Morgan fingerprint density at radius 1 is 1.57 bits per heavy atom. The van der Waals surface area contributed by atoms with Crippen LogP contribution < -0.4 is 0 Å². The van der Waals surface area contributed by atoms with Gasteiger partial charge in [-0.3, -0.25) is 0 Å². The second kappa shape index (κ2) is 3.49. The summed E-state index contributed by atoms with van der Waals surface area (Å²) in [6, 6.07) is 5.49. The van der Waals surface area contributed by atoms with Gasteiger partial charge in [-0.05, 0) is 23.1 Å². The number of halogens is 1. The maximum atomic E-state index is 9.70. The van der Waals surface area contributed by atoms with Crippen LogP contribution >= 0.6 is 22.9 Å². The van der Waals surface area contributed by atoms with Crippen molar-refractivity contribution in [2.45, 2.75) is 5.88 Å². The maximum Gasteiger partial charge on any atom is 0.151 e. The molecule has 14 heavy (non-hydrogen) atoms. The normalized spacial score (nSPS) is 10.3. The summed E-state index contributed by atoms with van der Waals surface area (Å²) >= 11 is 7.17. The Bertz CT molecular complexity index is 527. The summed E-state index contributed by atoms with van der Waals surface area (Å²) in [7, 11) is 0.